The molecule has 0 amide bonds. The lowest BCUT2D eigenvalue weighted by Gasteiger charge is -2.11. The third-order valence-electron chi connectivity index (χ3n) is 3.57. The van der Waals surface area contributed by atoms with Crippen molar-refractivity contribution in [3.63, 3.8) is 0 Å². The van der Waals surface area contributed by atoms with Crippen LogP contribution in [0.15, 0.2) is 12.8 Å². The number of hydrogen-bond donors (Lipinski definition) is 2. The Morgan fingerprint density at radius 1 is 1.29 bits per heavy atom. The average molecular weight is 314 g/mol. The Labute approximate surface area is 127 Å². The summed E-state index contributed by atoms with van der Waals surface area (Å²) in [6, 6.07) is 0. The van der Waals surface area contributed by atoms with Gasteiger partial charge in [-0.3, -0.25) is 4.55 Å². The maximum absolute atomic E-state index is 11.5. The smallest absolute Gasteiger partial charge is 0.275 e. The van der Waals surface area contributed by atoms with Crippen LogP contribution in [0.2, 0.25) is 0 Å². The number of nitrogens with zero attached hydrogens (tertiary/aromatic N) is 1. The van der Waals surface area contributed by atoms with E-state index < -0.39 is 15.4 Å². The predicted molar refractivity (Wildman–Crippen MR) is 85.6 cm³/mol. The van der Waals surface area contributed by atoms with Gasteiger partial charge in [0.25, 0.3) is 10.1 Å². The summed E-state index contributed by atoms with van der Waals surface area (Å²) in [5, 5.41) is -0.971. The minimum Gasteiger partial charge on any atom is -0.341 e. The Balaban J connectivity index is 2.47. The van der Waals surface area contributed by atoms with Gasteiger partial charge in [-0.2, -0.15) is 8.42 Å². The molecule has 1 aromatic rings. The molecule has 21 heavy (non-hydrogen) atoms. The normalized spacial score (nSPS) is 13.2. The summed E-state index contributed by atoms with van der Waals surface area (Å²) in [6.07, 6.45) is 11.2. The molecule has 0 spiro atoms. The van der Waals surface area contributed by atoms with Gasteiger partial charge in [0.05, 0.1) is 11.9 Å². The molecule has 5 nitrogen and oxygen atoms in total. The van der Waals surface area contributed by atoms with Crippen molar-refractivity contribution in [1.82, 2.24) is 9.97 Å². The maximum atomic E-state index is 11.5. The fourth-order valence-electron chi connectivity index (χ4n) is 2.33. The van der Waals surface area contributed by atoms with Crippen LogP contribution in [0.1, 0.15) is 75.1 Å². The van der Waals surface area contributed by atoms with Crippen molar-refractivity contribution in [3.8, 4) is 0 Å². The monoisotopic (exact) mass is 314 g/mol. The molecule has 0 aromatic carbocycles. The first-order valence-corrected chi connectivity index (χ1v) is 9.13. The van der Waals surface area contributed by atoms with E-state index in [9.17, 15) is 13.0 Å². The highest BCUT2D eigenvalue weighted by molar-refractivity contribution is 7.86. The lowest BCUT2D eigenvalue weighted by atomic mass is 10.1. The number of H-pyrrole nitrogens is 1. The second-order valence-electron chi connectivity index (χ2n) is 5.34. The molecule has 0 radical (unpaired) electrons. The van der Waals surface area contributed by atoms with Gasteiger partial charge >= 0.3 is 0 Å². The van der Waals surface area contributed by atoms with Gasteiger partial charge in [0.1, 0.15) is 11.1 Å². The zero-order valence-corrected chi connectivity index (χ0v) is 13.5. The molecule has 0 saturated heterocycles. The lowest BCUT2D eigenvalue weighted by molar-refractivity contribution is 0.455. The number of hydrogen-bond acceptors (Lipinski definition) is 3. The van der Waals surface area contributed by atoms with Gasteiger partial charge in [-0.25, -0.2) is 4.98 Å². The number of aromatic nitrogens is 2. The summed E-state index contributed by atoms with van der Waals surface area (Å²) >= 11 is 0. The number of aromatic amines is 1. The van der Waals surface area contributed by atoms with Crippen molar-refractivity contribution in [3.05, 3.63) is 24.3 Å². The summed E-state index contributed by atoms with van der Waals surface area (Å²) in [6.45, 7) is 5.77. The summed E-state index contributed by atoms with van der Waals surface area (Å²) in [7, 11) is -4.14. The largest absolute Gasteiger partial charge is 0.341 e. The average Bonchev–Trinajstić information content (AvgIpc) is 2.89. The highest BCUT2D eigenvalue weighted by atomic mass is 32.2. The van der Waals surface area contributed by atoms with Crippen LogP contribution < -0.4 is 0 Å². The van der Waals surface area contributed by atoms with E-state index in [4.69, 9.17) is 0 Å². The number of imidazole rings is 1. The molecule has 2 N–H and O–H groups in total. The first-order valence-electron chi connectivity index (χ1n) is 7.62. The van der Waals surface area contributed by atoms with Crippen LogP contribution in [0.5, 0.6) is 0 Å². The summed E-state index contributed by atoms with van der Waals surface area (Å²) < 4.78 is 32.4. The van der Waals surface area contributed by atoms with Crippen molar-refractivity contribution >= 4 is 16.2 Å². The Bertz CT molecular complexity index is 523. The van der Waals surface area contributed by atoms with E-state index in [1.54, 1.807) is 6.08 Å². The van der Waals surface area contributed by atoms with Crippen molar-refractivity contribution in [2.75, 3.05) is 0 Å². The lowest BCUT2D eigenvalue weighted by Crippen LogP contribution is -2.14. The molecule has 1 rings (SSSR count). The van der Waals surface area contributed by atoms with Crippen LogP contribution in [0.25, 0.3) is 6.08 Å². The van der Waals surface area contributed by atoms with Gasteiger partial charge in [0, 0.05) is 0 Å². The van der Waals surface area contributed by atoms with E-state index >= 15 is 0 Å². The third-order valence-corrected chi connectivity index (χ3v) is 4.75. The molecular weight excluding hydrogens is 288 g/mol. The summed E-state index contributed by atoms with van der Waals surface area (Å²) in [5.41, 5.74) is 0.651. The predicted octanol–water partition coefficient (Wildman–Crippen LogP) is 4.12. The van der Waals surface area contributed by atoms with Crippen LogP contribution >= 0.6 is 0 Å². The fourth-order valence-corrected chi connectivity index (χ4v) is 3.20. The van der Waals surface area contributed by atoms with Crippen LogP contribution in [0, 0.1) is 0 Å². The standard InChI is InChI=1S/C15H26N2O3S/c1-3-5-6-7-8-9-10-11-14(21(18,19)20)15-16-12-13(4-2)17-15/h4,12,14H,2-3,5-11H2,1H3,(H,16,17)(H,18,19,20). The number of nitrogens with one attached hydrogen (secondary N) is 1. The van der Waals surface area contributed by atoms with E-state index in [1.165, 1.54) is 31.9 Å². The molecule has 0 aliphatic carbocycles. The quantitative estimate of drug-likeness (QED) is 0.475. The molecule has 1 heterocycles. The molecule has 0 aliphatic heterocycles. The van der Waals surface area contributed by atoms with E-state index in [-0.39, 0.29) is 0 Å². The summed E-state index contributed by atoms with van der Waals surface area (Å²) in [4.78, 5) is 6.90. The van der Waals surface area contributed by atoms with Gasteiger partial charge in [-0.05, 0) is 12.5 Å². The van der Waals surface area contributed by atoms with Gasteiger partial charge in [-0.15, -0.1) is 0 Å². The Morgan fingerprint density at radius 3 is 2.43 bits per heavy atom. The van der Waals surface area contributed by atoms with Crippen LogP contribution in [-0.2, 0) is 10.1 Å². The first-order chi connectivity index (χ1) is 9.99. The Morgan fingerprint density at radius 2 is 1.90 bits per heavy atom. The van der Waals surface area contributed by atoms with E-state index in [2.05, 4.69) is 23.5 Å². The maximum Gasteiger partial charge on any atom is 0.275 e. The molecule has 0 fully saturated rings. The topological polar surface area (TPSA) is 83.1 Å². The minimum absolute atomic E-state index is 0.290. The second-order valence-corrected chi connectivity index (χ2v) is 6.94. The molecule has 0 aliphatic rings. The van der Waals surface area contributed by atoms with Gasteiger partial charge in [0.15, 0.2) is 0 Å². The minimum atomic E-state index is -4.14. The summed E-state index contributed by atoms with van der Waals surface area (Å²) in [5.74, 6) is 0.290. The van der Waals surface area contributed by atoms with Crippen LogP contribution in [0.4, 0.5) is 0 Å². The molecule has 0 bridgehead atoms. The van der Waals surface area contributed by atoms with Crippen molar-refractivity contribution in [2.24, 2.45) is 0 Å². The highest BCUT2D eigenvalue weighted by Gasteiger charge is 2.27. The number of unbranched alkanes of at least 4 members (excludes halogenated alkanes) is 6. The molecule has 0 saturated carbocycles. The van der Waals surface area contributed by atoms with E-state index in [0.29, 0.717) is 17.9 Å². The molecular formula is C15H26N2O3S. The fraction of sp³-hybridized carbons (Fsp3) is 0.667. The van der Waals surface area contributed by atoms with Crippen molar-refractivity contribution in [1.29, 1.82) is 0 Å². The highest BCUT2D eigenvalue weighted by Crippen LogP contribution is 2.25. The molecule has 6 heteroatoms. The second kappa shape index (κ2) is 9.00. The van der Waals surface area contributed by atoms with Gasteiger partial charge in [-0.1, -0.05) is 58.4 Å². The van der Waals surface area contributed by atoms with E-state index in [0.717, 1.165) is 19.3 Å². The molecule has 1 unspecified atom stereocenters. The SMILES string of the molecule is C=Cc1cnc(C(CCCCCCCCC)S(=O)(=O)O)[nH]1. The van der Waals surface area contributed by atoms with Crippen molar-refractivity contribution in [2.45, 2.75) is 63.5 Å². The van der Waals surface area contributed by atoms with Crippen LogP contribution in [-0.4, -0.2) is 22.9 Å². The first kappa shape index (κ1) is 17.9. The molecule has 1 atom stereocenters. The van der Waals surface area contributed by atoms with Crippen LogP contribution in [0.3, 0.4) is 0 Å². The molecule has 1 aromatic heterocycles. The number of rotatable bonds is 11. The molecule has 120 valence electrons. The van der Waals surface area contributed by atoms with E-state index in [1.807, 2.05) is 0 Å². The van der Waals surface area contributed by atoms with Crippen molar-refractivity contribution < 1.29 is 13.0 Å². The Hall–Kier alpha value is -1.14. The van der Waals surface area contributed by atoms with Gasteiger partial charge < -0.3 is 4.98 Å². The van der Waals surface area contributed by atoms with Gasteiger partial charge in [0.2, 0.25) is 0 Å². The zero-order chi connectivity index (χ0) is 15.7. The zero-order valence-electron chi connectivity index (χ0n) is 12.7. The Kier molecular flexibility index (Phi) is 7.67. The third kappa shape index (κ3) is 6.44.